The lowest BCUT2D eigenvalue weighted by atomic mass is 9.46. The molecule has 9 heteroatoms. The van der Waals surface area contributed by atoms with Gasteiger partial charge in [0.1, 0.15) is 11.7 Å². The fourth-order valence-corrected chi connectivity index (χ4v) is 8.05. The van der Waals surface area contributed by atoms with E-state index < -0.39 is 53.3 Å². The van der Waals surface area contributed by atoms with Crippen LogP contribution in [0.3, 0.4) is 0 Å². The Balaban J connectivity index is 1.64. The molecule has 3 saturated carbocycles. The quantitative estimate of drug-likeness (QED) is 0.423. The maximum absolute atomic E-state index is 13.5. The van der Waals surface area contributed by atoms with Crippen LogP contribution >= 0.6 is 0 Å². The van der Waals surface area contributed by atoms with Crippen LogP contribution in [0.1, 0.15) is 86.0 Å². The number of hydrogen-bond donors (Lipinski definition) is 2. The zero-order valence-corrected chi connectivity index (χ0v) is 24.2. The molecule has 4 rings (SSSR count). The summed E-state index contributed by atoms with van der Waals surface area (Å²) in [4.78, 5) is 61.6. The van der Waals surface area contributed by atoms with Crippen molar-refractivity contribution in [2.24, 2.45) is 34.0 Å². The molecule has 4 aliphatic carbocycles. The van der Waals surface area contributed by atoms with Crippen LogP contribution in [0.5, 0.6) is 0 Å². The third-order valence-electron chi connectivity index (χ3n) is 9.95. The van der Waals surface area contributed by atoms with Crippen molar-refractivity contribution < 1.29 is 43.7 Å². The molecule has 0 aliphatic heterocycles. The van der Waals surface area contributed by atoms with Gasteiger partial charge in [0.25, 0.3) is 0 Å². The summed E-state index contributed by atoms with van der Waals surface area (Å²) in [5.41, 5.74) is -2.48. The summed E-state index contributed by atoms with van der Waals surface area (Å²) in [5, 5.41) is 20.7. The van der Waals surface area contributed by atoms with Gasteiger partial charge in [-0.25, -0.2) is 0 Å². The van der Waals surface area contributed by atoms with Gasteiger partial charge < -0.3 is 19.7 Å². The SMILES string of the molecule is CC(C)(C)CC(=O)O[C@@H]1C[C@@]2(C)[C@@H](CC[C@]2(O)C(=O)COC(=O)CCC(=O)O)[C@@H]2CCC3=CC(=O)C=C[C@]3(C)[C@H]21. The Labute approximate surface area is 235 Å². The number of carboxylic acid groups (broad SMARTS) is 1. The lowest BCUT2D eigenvalue weighted by Crippen LogP contribution is -2.62. The van der Waals surface area contributed by atoms with Crippen LogP contribution in [0.25, 0.3) is 0 Å². The van der Waals surface area contributed by atoms with E-state index >= 15 is 0 Å². The van der Waals surface area contributed by atoms with E-state index in [-0.39, 0.29) is 60.6 Å². The minimum absolute atomic E-state index is 0.0335. The highest BCUT2D eigenvalue weighted by atomic mass is 16.5. The van der Waals surface area contributed by atoms with Gasteiger partial charge in [0.15, 0.2) is 12.4 Å². The largest absolute Gasteiger partial charge is 0.481 e. The van der Waals surface area contributed by atoms with Gasteiger partial charge >= 0.3 is 17.9 Å². The molecule has 0 heterocycles. The van der Waals surface area contributed by atoms with Crippen LogP contribution in [-0.2, 0) is 33.4 Å². The number of fused-ring (bicyclic) bond motifs is 5. The Morgan fingerprint density at radius 2 is 1.77 bits per heavy atom. The van der Waals surface area contributed by atoms with Crippen molar-refractivity contribution in [1.29, 1.82) is 0 Å². The number of carbonyl (C=O) groups is 5. The summed E-state index contributed by atoms with van der Waals surface area (Å²) in [7, 11) is 0. The molecule has 0 saturated heterocycles. The van der Waals surface area contributed by atoms with E-state index in [9.17, 15) is 29.1 Å². The molecule has 0 spiro atoms. The van der Waals surface area contributed by atoms with Gasteiger partial charge in [-0.05, 0) is 61.5 Å². The minimum Gasteiger partial charge on any atom is -0.481 e. The number of aliphatic hydroxyl groups is 1. The molecule has 3 fully saturated rings. The van der Waals surface area contributed by atoms with Crippen molar-refractivity contribution in [2.45, 2.75) is 97.7 Å². The van der Waals surface area contributed by atoms with Crippen molar-refractivity contribution in [1.82, 2.24) is 0 Å². The van der Waals surface area contributed by atoms with Crippen molar-refractivity contribution in [3.05, 3.63) is 23.8 Å². The number of carboxylic acids is 1. The molecule has 220 valence electrons. The summed E-state index contributed by atoms with van der Waals surface area (Å²) in [6.07, 6.45) is 6.57. The maximum Gasteiger partial charge on any atom is 0.306 e. The fourth-order valence-electron chi connectivity index (χ4n) is 8.05. The first-order valence-electron chi connectivity index (χ1n) is 14.3. The summed E-state index contributed by atoms with van der Waals surface area (Å²) in [6, 6.07) is 0. The number of ether oxygens (including phenoxy) is 2. The normalized spacial score (nSPS) is 36.5. The highest BCUT2D eigenvalue weighted by molar-refractivity contribution is 6.01. The second kappa shape index (κ2) is 10.5. The molecule has 9 nitrogen and oxygen atoms in total. The van der Waals surface area contributed by atoms with Gasteiger partial charge in [-0.1, -0.05) is 46.3 Å². The molecule has 0 amide bonds. The average Bonchev–Trinajstić information content (AvgIpc) is 3.11. The molecule has 2 N–H and O–H groups in total. The van der Waals surface area contributed by atoms with Crippen LogP contribution in [0.15, 0.2) is 23.8 Å². The molecular formula is C31H42O9. The van der Waals surface area contributed by atoms with Gasteiger partial charge in [-0.2, -0.15) is 0 Å². The van der Waals surface area contributed by atoms with E-state index in [1.165, 1.54) is 0 Å². The lowest BCUT2D eigenvalue weighted by molar-refractivity contribution is -0.194. The Morgan fingerprint density at radius 1 is 1.07 bits per heavy atom. The summed E-state index contributed by atoms with van der Waals surface area (Å²) < 4.78 is 11.3. The van der Waals surface area contributed by atoms with Crippen LogP contribution in [0, 0.1) is 34.0 Å². The third kappa shape index (κ3) is 5.41. The van der Waals surface area contributed by atoms with Crippen LogP contribution < -0.4 is 0 Å². The molecule has 0 unspecified atom stereocenters. The molecule has 0 aromatic rings. The molecule has 0 bridgehead atoms. The van der Waals surface area contributed by atoms with Crippen molar-refractivity contribution in [2.75, 3.05) is 6.61 Å². The average molecular weight is 559 g/mol. The number of allylic oxidation sites excluding steroid dienone is 4. The van der Waals surface area contributed by atoms with E-state index in [2.05, 4.69) is 6.92 Å². The molecule has 0 radical (unpaired) electrons. The molecule has 40 heavy (non-hydrogen) atoms. The first kappa shape index (κ1) is 30.2. The Kier molecular flexibility index (Phi) is 7.95. The van der Waals surface area contributed by atoms with Crippen LogP contribution in [0.4, 0.5) is 0 Å². The number of aliphatic carboxylic acids is 1. The zero-order valence-electron chi connectivity index (χ0n) is 24.2. The lowest BCUT2D eigenvalue weighted by Gasteiger charge is -2.60. The third-order valence-corrected chi connectivity index (χ3v) is 9.95. The number of rotatable bonds is 8. The minimum atomic E-state index is -1.79. The van der Waals surface area contributed by atoms with E-state index in [4.69, 9.17) is 14.6 Å². The standard InChI is InChI=1S/C31H42O9/c1-28(2,3)16-26(37)40-22-15-30(5)21(20-7-6-18-14-19(32)10-12-29(18,4)27(20)22)11-13-31(30,38)23(33)17-39-25(36)9-8-24(34)35/h10,12,14,20-22,27,38H,6-9,11,13,15-17H2,1-5H3,(H,34,35)/t20-,21-,22+,27+,29-,30-,31-/m0/s1. The van der Waals surface area contributed by atoms with Crippen LogP contribution in [0.2, 0.25) is 0 Å². The second-order valence-electron chi connectivity index (χ2n) is 13.8. The number of ketones is 2. The second-order valence-corrected chi connectivity index (χ2v) is 13.8. The van der Waals surface area contributed by atoms with Crippen molar-refractivity contribution in [3.8, 4) is 0 Å². The smallest absolute Gasteiger partial charge is 0.306 e. The molecular weight excluding hydrogens is 516 g/mol. The summed E-state index contributed by atoms with van der Waals surface area (Å²) in [5.74, 6) is -3.10. The monoisotopic (exact) mass is 558 g/mol. The number of hydrogen-bond acceptors (Lipinski definition) is 8. The highest BCUT2D eigenvalue weighted by Gasteiger charge is 2.69. The number of carbonyl (C=O) groups excluding carboxylic acids is 4. The first-order chi connectivity index (χ1) is 18.5. The predicted octanol–water partition coefficient (Wildman–Crippen LogP) is 3.96. The van der Waals surface area contributed by atoms with Gasteiger partial charge in [-0.3, -0.25) is 24.0 Å². The number of esters is 2. The van der Waals surface area contributed by atoms with E-state index in [0.717, 1.165) is 12.0 Å². The molecule has 7 atom stereocenters. The van der Waals surface area contributed by atoms with E-state index in [1.54, 1.807) is 12.2 Å². The summed E-state index contributed by atoms with van der Waals surface area (Å²) >= 11 is 0. The molecule has 4 aliphatic rings. The first-order valence-corrected chi connectivity index (χ1v) is 14.3. The Hall–Kier alpha value is -2.81. The van der Waals surface area contributed by atoms with Gasteiger partial charge in [0.2, 0.25) is 5.78 Å². The Morgan fingerprint density at radius 3 is 2.42 bits per heavy atom. The zero-order chi connectivity index (χ0) is 29.7. The fraction of sp³-hybridized carbons (Fsp3) is 0.710. The van der Waals surface area contributed by atoms with Gasteiger partial charge in [-0.15, -0.1) is 0 Å². The van der Waals surface area contributed by atoms with Crippen LogP contribution in [-0.4, -0.2) is 58.0 Å². The van der Waals surface area contributed by atoms with E-state index in [0.29, 0.717) is 12.8 Å². The van der Waals surface area contributed by atoms with Crippen molar-refractivity contribution in [3.63, 3.8) is 0 Å². The van der Waals surface area contributed by atoms with Gasteiger partial charge in [0.05, 0.1) is 19.3 Å². The highest BCUT2D eigenvalue weighted by Crippen LogP contribution is 2.67. The van der Waals surface area contributed by atoms with E-state index in [1.807, 2.05) is 33.8 Å². The topological polar surface area (TPSA) is 144 Å². The maximum atomic E-state index is 13.5. The predicted molar refractivity (Wildman–Crippen MR) is 144 cm³/mol. The van der Waals surface area contributed by atoms with Gasteiger partial charge in [0, 0.05) is 16.7 Å². The Bertz CT molecular complexity index is 1160. The number of Topliss-reactive ketones (excluding diaryl/α,β-unsaturated/α-hetero) is 1. The summed E-state index contributed by atoms with van der Waals surface area (Å²) in [6.45, 7) is 9.20. The van der Waals surface area contributed by atoms with Crippen molar-refractivity contribution >= 4 is 29.5 Å². The molecule has 0 aromatic carbocycles. The molecule has 0 aromatic heterocycles.